The zero-order chi connectivity index (χ0) is 15.9. The number of hydrogen-bond donors (Lipinski definition) is 1. The predicted molar refractivity (Wildman–Crippen MR) is 94.4 cm³/mol. The molecule has 0 aliphatic heterocycles. The third-order valence-corrected chi connectivity index (χ3v) is 3.62. The van der Waals surface area contributed by atoms with Crippen LogP contribution in [0.25, 0.3) is 0 Å². The van der Waals surface area contributed by atoms with E-state index in [1.54, 1.807) is 6.21 Å². The summed E-state index contributed by atoms with van der Waals surface area (Å²) in [5.41, 5.74) is 5.55. The van der Waals surface area contributed by atoms with E-state index in [-0.39, 0.29) is 5.91 Å². The Balaban J connectivity index is 1.86. The molecule has 0 aromatic heterocycles. The molecule has 0 unspecified atom stereocenters. The van der Waals surface area contributed by atoms with E-state index in [0.717, 1.165) is 21.3 Å². The van der Waals surface area contributed by atoms with Gasteiger partial charge < -0.3 is 4.90 Å². The van der Waals surface area contributed by atoms with Crippen molar-refractivity contribution in [1.82, 2.24) is 5.43 Å². The van der Waals surface area contributed by atoms with Gasteiger partial charge in [-0.05, 0) is 35.4 Å². The Labute approximate surface area is 139 Å². The smallest absolute Gasteiger partial charge is 0.244 e. The quantitative estimate of drug-likeness (QED) is 0.657. The Hall–Kier alpha value is -2.14. The summed E-state index contributed by atoms with van der Waals surface area (Å²) in [4.78, 5) is 13.8. The van der Waals surface area contributed by atoms with E-state index in [1.165, 1.54) is 0 Å². The van der Waals surface area contributed by atoms with E-state index < -0.39 is 0 Å². The fraction of sp³-hybridized carbons (Fsp3) is 0.176. The van der Waals surface area contributed by atoms with Crippen molar-refractivity contribution in [3.05, 3.63) is 64.1 Å². The molecule has 0 saturated heterocycles. The van der Waals surface area contributed by atoms with Crippen LogP contribution in [0.2, 0.25) is 0 Å². The van der Waals surface area contributed by atoms with Crippen LogP contribution in [0.3, 0.4) is 0 Å². The second-order valence-electron chi connectivity index (χ2n) is 5.08. The van der Waals surface area contributed by atoms with Gasteiger partial charge in [0.15, 0.2) is 0 Å². The van der Waals surface area contributed by atoms with Crippen molar-refractivity contribution in [2.45, 2.75) is 6.42 Å². The summed E-state index contributed by atoms with van der Waals surface area (Å²) in [7, 11) is 3.98. The van der Waals surface area contributed by atoms with Crippen molar-refractivity contribution in [1.29, 1.82) is 0 Å². The van der Waals surface area contributed by atoms with Crippen LogP contribution in [0.15, 0.2) is 58.1 Å². The maximum absolute atomic E-state index is 11.8. The highest BCUT2D eigenvalue weighted by Gasteiger charge is 2.01. The molecule has 0 aliphatic rings. The topological polar surface area (TPSA) is 44.7 Å². The molecular weight excluding hydrogens is 342 g/mol. The first kappa shape index (κ1) is 16.2. The van der Waals surface area contributed by atoms with Crippen molar-refractivity contribution in [3.63, 3.8) is 0 Å². The van der Waals surface area contributed by atoms with Crippen molar-refractivity contribution in [2.24, 2.45) is 5.10 Å². The van der Waals surface area contributed by atoms with Crippen molar-refractivity contribution in [2.75, 3.05) is 19.0 Å². The molecule has 0 bridgehead atoms. The minimum atomic E-state index is -0.136. The lowest BCUT2D eigenvalue weighted by Gasteiger charge is -2.11. The molecular formula is C17H18BrN3O. The Kier molecular flexibility index (Phi) is 5.72. The summed E-state index contributed by atoms with van der Waals surface area (Å²) in [5.74, 6) is -0.136. The first-order valence-electron chi connectivity index (χ1n) is 6.88. The summed E-state index contributed by atoms with van der Waals surface area (Å²) in [5, 5.41) is 3.98. The van der Waals surface area contributed by atoms with E-state index in [2.05, 4.69) is 26.5 Å². The van der Waals surface area contributed by atoms with Gasteiger partial charge in [0.25, 0.3) is 0 Å². The fourth-order valence-corrected chi connectivity index (χ4v) is 2.13. The normalized spacial score (nSPS) is 10.7. The van der Waals surface area contributed by atoms with Crippen molar-refractivity contribution < 1.29 is 4.79 Å². The summed E-state index contributed by atoms with van der Waals surface area (Å²) in [6, 6.07) is 15.6. The third-order valence-electron chi connectivity index (χ3n) is 3.09. The number of carbonyl (C=O) groups excluding carboxylic acids is 1. The van der Waals surface area contributed by atoms with Crippen LogP contribution in [0.1, 0.15) is 11.1 Å². The number of nitrogens with zero attached hydrogens (tertiary/aromatic N) is 2. The molecule has 22 heavy (non-hydrogen) atoms. The van der Waals surface area contributed by atoms with E-state index in [1.807, 2.05) is 67.5 Å². The minimum Gasteiger partial charge on any atom is -0.378 e. The first-order chi connectivity index (χ1) is 10.5. The van der Waals surface area contributed by atoms with Gasteiger partial charge in [-0.25, -0.2) is 5.43 Å². The third kappa shape index (κ3) is 5.00. The molecule has 5 heteroatoms. The summed E-state index contributed by atoms with van der Waals surface area (Å²) in [6.07, 6.45) is 1.95. The van der Waals surface area contributed by atoms with Crippen LogP contribution in [0.4, 0.5) is 5.69 Å². The molecule has 2 rings (SSSR count). The number of carbonyl (C=O) groups is 1. The zero-order valence-corrected chi connectivity index (χ0v) is 14.2. The molecule has 0 saturated carbocycles. The average Bonchev–Trinajstić information content (AvgIpc) is 2.50. The Morgan fingerprint density at radius 2 is 1.77 bits per heavy atom. The lowest BCUT2D eigenvalue weighted by atomic mass is 10.1. The fourth-order valence-electron chi connectivity index (χ4n) is 1.86. The van der Waals surface area contributed by atoms with E-state index >= 15 is 0 Å². The number of anilines is 1. The van der Waals surface area contributed by atoms with Gasteiger partial charge in [0.05, 0.1) is 12.6 Å². The lowest BCUT2D eigenvalue weighted by molar-refractivity contribution is -0.120. The highest BCUT2D eigenvalue weighted by Crippen LogP contribution is 2.11. The minimum absolute atomic E-state index is 0.136. The number of rotatable bonds is 5. The predicted octanol–water partition coefficient (Wildman–Crippen LogP) is 3.21. The first-order valence-corrected chi connectivity index (χ1v) is 7.67. The largest absolute Gasteiger partial charge is 0.378 e. The number of amides is 1. The molecule has 0 spiro atoms. The van der Waals surface area contributed by atoms with Gasteiger partial charge in [-0.15, -0.1) is 0 Å². The summed E-state index contributed by atoms with van der Waals surface area (Å²) >= 11 is 3.37. The number of hydrazone groups is 1. The molecule has 1 amide bonds. The van der Waals surface area contributed by atoms with Gasteiger partial charge in [0.2, 0.25) is 5.91 Å². The standard InChI is InChI=1S/C17H18BrN3O/c1-21(2)16-9-5-14(6-10-16)12-19-20-17(22)11-13-3-7-15(18)8-4-13/h3-10,12H,11H2,1-2H3,(H,20,22)/b19-12+. The zero-order valence-electron chi connectivity index (χ0n) is 12.6. The van der Waals surface area contributed by atoms with E-state index in [9.17, 15) is 4.79 Å². The maximum Gasteiger partial charge on any atom is 0.244 e. The number of benzene rings is 2. The van der Waals surface area contributed by atoms with Crippen LogP contribution >= 0.6 is 15.9 Å². The van der Waals surface area contributed by atoms with Crippen LogP contribution in [0.5, 0.6) is 0 Å². The molecule has 1 N–H and O–H groups in total. The van der Waals surface area contributed by atoms with Gasteiger partial charge in [0.1, 0.15) is 0 Å². The van der Waals surface area contributed by atoms with E-state index in [0.29, 0.717) is 6.42 Å². The molecule has 4 nitrogen and oxygen atoms in total. The van der Waals surface area contributed by atoms with Crippen LogP contribution < -0.4 is 10.3 Å². The molecule has 2 aromatic carbocycles. The number of hydrogen-bond acceptors (Lipinski definition) is 3. The average molecular weight is 360 g/mol. The Morgan fingerprint density at radius 3 is 2.36 bits per heavy atom. The molecule has 0 atom stereocenters. The molecule has 114 valence electrons. The lowest BCUT2D eigenvalue weighted by Crippen LogP contribution is -2.19. The van der Waals surface area contributed by atoms with Gasteiger partial charge >= 0.3 is 0 Å². The van der Waals surface area contributed by atoms with Crippen LogP contribution in [-0.2, 0) is 11.2 Å². The van der Waals surface area contributed by atoms with Gasteiger partial charge in [0, 0.05) is 24.3 Å². The van der Waals surface area contributed by atoms with Crippen molar-refractivity contribution >= 4 is 33.7 Å². The van der Waals surface area contributed by atoms with E-state index in [4.69, 9.17) is 0 Å². The number of halogens is 1. The van der Waals surface area contributed by atoms with Gasteiger partial charge in [-0.2, -0.15) is 5.10 Å². The van der Waals surface area contributed by atoms with Crippen LogP contribution in [-0.4, -0.2) is 26.2 Å². The second-order valence-corrected chi connectivity index (χ2v) is 6.00. The van der Waals surface area contributed by atoms with Crippen LogP contribution in [0, 0.1) is 0 Å². The summed E-state index contributed by atoms with van der Waals surface area (Å²) in [6.45, 7) is 0. The monoisotopic (exact) mass is 359 g/mol. The molecule has 0 heterocycles. The van der Waals surface area contributed by atoms with Gasteiger partial charge in [-0.3, -0.25) is 4.79 Å². The Bertz CT molecular complexity index is 649. The second kappa shape index (κ2) is 7.75. The SMILES string of the molecule is CN(C)c1ccc(/C=N/NC(=O)Cc2ccc(Br)cc2)cc1. The molecule has 2 aromatic rings. The highest BCUT2D eigenvalue weighted by molar-refractivity contribution is 9.10. The Morgan fingerprint density at radius 1 is 1.14 bits per heavy atom. The molecule has 0 fully saturated rings. The molecule has 0 aliphatic carbocycles. The van der Waals surface area contributed by atoms with Gasteiger partial charge in [-0.1, -0.05) is 40.2 Å². The summed E-state index contributed by atoms with van der Waals surface area (Å²) < 4.78 is 0.996. The molecule has 0 radical (unpaired) electrons. The highest BCUT2D eigenvalue weighted by atomic mass is 79.9. The van der Waals surface area contributed by atoms with Crippen molar-refractivity contribution in [3.8, 4) is 0 Å². The number of nitrogens with one attached hydrogen (secondary N) is 1. The maximum atomic E-state index is 11.8.